The lowest BCUT2D eigenvalue weighted by Gasteiger charge is -2.07. The van der Waals surface area contributed by atoms with Gasteiger partial charge < -0.3 is 0 Å². The van der Waals surface area contributed by atoms with Crippen LogP contribution in [0.25, 0.3) is 11.1 Å². The van der Waals surface area contributed by atoms with Crippen LogP contribution in [-0.2, 0) is 6.42 Å². The number of unbranched alkanes of at least 4 members (excludes halogenated alkanes) is 1. The maximum atomic E-state index is 12.3. The number of hydrogen-bond donors (Lipinski definition) is 0. The van der Waals surface area contributed by atoms with Gasteiger partial charge in [-0.2, -0.15) is 0 Å². The molecule has 0 saturated heterocycles. The van der Waals surface area contributed by atoms with E-state index in [0.717, 1.165) is 24.8 Å². The van der Waals surface area contributed by atoms with Crippen LogP contribution in [0.1, 0.15) is 47.7 Å². The molecule has 3 rings (SSSR count). The van der Waals surface area contributed by atoms with Crippen molar-refractivity contribution in [3.05, 3.63) is 59.2 Å². The molecule has 0 unspecified atom stereocenters. The van der Waals surface area contributed by atoms with Crippen LogP contribution in [0.5, 0.6) is 0 Å². The van der Waals surface area contributed by atoms with E-state index in [1.807, 2.05) is 12.1 Å². The number of carbonyl (C=O) groups is 1. The molecule has 0 heterocycles. The maximum Gasteiger partial charge on any atom is 0.163 e. The van der Waals surface area contributed by atoms with E-state index < -0.39 is 0 Å². The quantitative estimate of drug-likeness (QED) is 0.617. The van der Waals surface area contributed by atoms with Crippen LogP contribution in [0.4, 0.5) is 0 Å². The second-order valence-corrected chi connectivity index (χ2v) is 5.19. The first-order chi connectivity index (χ1) is 9.31. The topological polar surface area (TPSA) is 17.1 Å². The normalized spacial score (nSPS) is 12.1. The van der Waals surface area contributed by atoms with E-state index in [1.54, 1.807) is 0 Å². The molecule has 0 atom stereocenters. The molecule has 1 aliphatic carbocycles. The van der Waals surface area contributed by atoms with Crippen molar-refractivity contribution in [3.63, 3.8) is 0 Å². The monoisotopic (exact) mass is 250 g/mol. The second kappa shape index (κ2) is 5.00. The molecule has 1 nitrogen and oxygen atoms in total. The van der Waals surface area contributed by atoms with Crippen LogP contribution in [0.15, 0.2) is 42.5 Å². The van der Waals surface area contributed by atoms with Gasteiger partial charge in [-0.15, -0.1) is 0 Å². The molecule has 96 valence electrons. The van der Waals surface area contributed by atoms with Crippen LogP contribution in [0.2, 0.25) is 0 Å². The van der Waals surface area contributed by atoms with Gasteiger partial charge in [-0.05, 0) is 35.1 Å². The summed E-state index contributed by atoms with van der Waals surface area (Å²) >= 11 is 0. The Morgan fingerprint density at radius 3 is 2.68 bits per heavy atom. The third-order valence-electron chi connectivity index (χ3n) is 3.91. The SMILES string of the molecule is CCCCC(=O)c1cccc2c1Cc1ccccc1-2. The van der Waals surface area contributed by atoms with Crippen LogP contribution < -0.4 is 0 Å². The third-order valence-corrected chi connectivity index (χ3v) is 3.91. The Labute approximate surface area is 114 Å². The Bertz CT molecular complexity index is 625. The zero-order chi connectivity index (χ0) is 13.2. The van der Waals surface area contributed by atoms with Crippen LogP contribution >= 0.6 is 0 Å². The fourth-order valence-electron chi connectivity index (χ4n) is 2.89. The minimum Gasteiger partial charge on any atom is -0.294 e. The number of rotatable bonds is 4. The van der Waals surface area contributed by atoms with Crippen molar-refractivity contribution in [1.82, 2.24) is 0 Å². The van der Waals surface area contributed by atoms with Gasteiger partial charge in [0.15, 0.2) is 5.78 Å². The summed E-state index contributed by atoms with van der Waals surface area (Å²) in [7, 11) is 0. The molecule has 1 aliphatic rings. The van der Waals surface area contributed by atoms with E-state index in [2.05, 4.69) is 37.3 Å². The largest absolute Gasteiger partial charge is 0.294 e. The lowest BCUT2D eigenvalue weighted by Crippen LogP contribution is -2.03. The molecule has 0 amide bonds. The van der Waals surface area contributed by atoms with Crippen LogP contribution in [0.3, 0.4) is 0 Å². The number of hydrogen-bond acceptors (Lipinski definition) is 1. The predicted molar refractivity (Wildman–Crippen MR) is 78.5 cm³/mol. The van der Waals surface area contributed by atoms with Crippen molar-refractivity contribution in [2.24, 2.45) is 0 Å². The number of fused-ring (bicyclic) bond motifs is 3. The lowest BCUT2D eigenvalue weighted by atomic mass is 9.96. The number of ketones is 1. The lowest BCUT2D eigenvalue weighted by molar-refractivity contribution is 0.0979. The Morgan fingerprint density at radius 1 is 1.05 bits per heavy atom. The highest BCUT2D eigenvalue weighted by Crippen LogP contribution is 2.38. The molecule has 0 saturated carbocycles. The summed E-state index contributed by atoms with van der Waals surface area (Å²) in [5.41, 5.74) is 6.04. The molecule has 1 heteroatoms. The summed E-state index contributed by atoms with van der Waals surface area (Å²) in [6.07, 6.45) is 3.62. The number of carbonyl (C=O) groups excluding carboxylic acids is 1. The van der Waals surface area contributed by atoms with Crippen molar-refractivity contribution < 1.29 is 4.79 Å². The summed E-state index contributed by atoms with van der Waals surface area (Å²) in [4.78, 5) is 12.3. The van der Waals surface area contributed by atoms with Gasteiger partial charge in [0.1, 0.15) is 0 Å². The zero-order valence-electron chi connectivity index (χ0n) is 11.3. The van der Waals surface area contributed by atoms with Crippen molar-refractivity contribution >= 4 is 5.78 Å². The fourth-order valence-corrected chi connectivity index (χ4v) is 2.89. The molecule has 2 aromatic rings. The molecule has 0 aromatic heterocycles. The molecular weight excluding hydrogens is 232 g/mol. The second-order valence-electron chi connectivity index (χ2n) is 5.19. The zero-order valence-corrected chi connectivity index (χ0v) is 11.3. The van der Waals surface area contributed by atoms with Gasteiger partial charge in [0, 0.05) is 12.0 Å². The summed E-state index contributed by atoms with van der Waals surface area (Å²) in [6, 6.07) is 14.6. The standard InChI is InChI=1S/C18H18O/c1-2-3-11-18(19)16-10-6-9-15-14-8-5-4-7-13(14)12-17(15)16/h4-10H,2-3,11-12H2,1H3. The summed E-state index contributed by atoms with van der Waals surface area (Å²) in [5.74, 6) is 0.298. The van der Waals surface area contributed by atoms with Gasteiger partial charge in [0.25, 0.3) is 0 Å². The molecule has 0 radical (unpaired) electrons. The van der Waals surface area contributed by atoms with Gasteiger partial charge in [-0.25, -0.2) is 0 Å². The van der Waals surface area contributed by atoms with Crippen molar-refractivity contribution in [2.45, 2.75) is 32.6 Å². The number of Topliss-reactive ketones (excluding diaryl/α,β-unsaturated/α-hetero) is 1. The van der Waals surface area contributed by atoms with Crippen LogP contribution in [0, 0.1) is 0 Å². The molecule has 2 aromatic carbocycles. The van der Waals surface area contributed by atoms with E-state index in [1.165, 1.54) is 22.3 Å². The first kappa shape index (κ1) is 12.2. The highest BCUT2D eigenvalue weighted by atomic mass is 16.1. The highest BCUT2D eigenvalue weighted by molar-refractivity contribution is 6.00. The van der Waals surface area contributed by atoms with Crippen LogP contribution in [-0.4, -0.2) is 5.78 Å². The van der Waals surface area contributed by atoms with E-state index in [4.69, 9.17) is 0 Å². The van der Waals surface area contributed by atoms with Crippen molar-refractivity contribution in [2.75, 3.05) is 0 Å². The average Bonchev–Trinajstić information content (AvgIpc) is 2.83. The Balaban J connectivity index is 2.01. The average molecular weight is 250 g/mol. The highest BCUT2D eigenvalue weighted by Gasteiger charge is 2.22. The molecule has 19 heavy (non-hydrogen) atoms. The van der Waals surface area contributed by atoms with Gasteiger partial charge in [-0.1, -0.05) is 55.8 Å². The van der Waals surface area contributed by atoms with E-state index in [9.17, 15) is 4.79 Å². The van der Waals surface area contributed by atoms with Crippen molar-refractivity contribution in [3.8, 4) is 11.1 Å². The summed E-state index contributed by atoms with van der Waals surface area (Å²) in [5, 5.41) is 0. The molecule has 0 aliphatic heterocycles. The smallest absolute Gasteiger partial charge is 0.163 e. The first-order valence-corrected chi connectivity index (χ1v) is 7.04. The summed E-state index contributed by atoms with van der Waals surface area (Å²) in [6.45, 7) is 2.12. The summed E-state index contributed by atoms with van der Waals surface area (Å²) < 4.78 is 0. The van der Waals surface area contributed by atoms with Crippen molar-refractivity contribution in [1.29, 1.82) is 0 Å². The molecule has 0 spiro atoms. The minimum atomic E-state index is 0.298. The van der Waals surface area contributed by atoms with E-state index in [-0.39, 0.29) is 0 Å². The maximum absolute atomic E-state index is 12.3. The molecule has 0 fully saturated rings. The Hall–Kier alpha value is -1.89. The Morgan fingerprint density at radius 2 is 1.84 bits per heavy atom. The molecule has 0 N–H and O–H groups in total. The Kier molecular flexibility index (Phi) is 3.20. The van der Waals surface area contributed by atoms with E-state index >= 15 is 0 Å². The molecule has 0 bridgehead atoms. The van der Waals surface area contributed by atoms with Gasteiger partial charge in [0.2, 0.25) is 0 Å². The van der Waals surface area contributed by atoms with Gasteiger partial charge in [0.05, 0.1) is 0 Å². The van der Waals surface area contributed by atoms with Gasteiger partial charge >= 0.3 is 0 Å². The first-order valence-electron chi connectivity index (χ1n) is 7.04. The fraction of sp³-hybridized carbons (Fsp3) is 0.278. The van der Waals surface area contributed by atoms with E-state index in [0.29, 0.717) is 12.2 Å². The minimum absolute atomic E-state index is 0.298. The third kappa shape index (κ3) is 2.10. The number of benzene rings is 2. The molecular formula is C18H18O. The predicted octanol–water partition coefficient (Wildman–Crippen LogP) is 4.63. The van der Waals surface area contributed by atoms with Gasteiger partial charge in [-0.3, -0.25) is 4.79 Å².